The van der Waals surface area contributed by atoms with Crippen molar-refractivity contribution in [1.29, 1.82) is 5.26 Å². The molecule has 0 radical (unpaired) electrons. The van der Waals surface area contributed by atoms with E-state index in [4.69, 9.17) is 5.26 Å². The molecule has 9 heavy (non-hydrogen) atoms. The largest absolute Gasteiger partial charge is 0.435 e. The summed E-state index contributed by atoms with van der Waals surface area (Å²) < 4.78 is 4.37. The molecule has 0 unspecified atom stereocenters. The van der Waals surface area contributed by atoms with Crippen LogP contribution in [0.4, 0.5) is 0 Å². The highest BCUT2D eigenvalue weighted by Crippen LogP contribution is 1.81. The minimum atomic E-state index is -0.371. The second-order valence-corrected chi connectivity index (χ2v) is 1.34. The monoisotopic (exact) mass is 125 g/mol. The first-order valence-corrected chi connectivity index (χ1v) is 2.46. The number of hydrogen-bond donors (Lipinski definition) is 0. The number of esters is 1. The van der Waals surface area contributed by atoms with E-state index in [-0.39, 0.29) is 12.4 Å². The highest BCUT2D eigenvalue weighted by atomic mass is 16.5. The fraction of sp³-hybridized carbons (Fsp3) is 0.333. The highest BCUT2D eigenvalue weighted by molar-refractivity contribution is 5.66. The Morgan fingerprint density at radius 3 is 3.00 bits per heavy atom. The number of allylic oxidation sites excluding steroid dienone is 1. The summed E-state index contributed by atoms with van der Waals surface area (Å²) in [6, 6.07) is 1.86. The van der Waals surface area contributed by atoms with Gasteiger partial charge in [0.1, 0.15) is 0 Å². The molecule has 3 nitrogen and oxygen atoms in total. The third-order valence-electron chi connectivity index (χ3n) is 0.539. The van der Waals surface area contributed by atoms with E-state index in [1.807, 2.05) is 6.07 Å². The van der Waals surface area contributed by atoms with Gasteiger partial charge in [0.2, 0.25) is 0 Å². The predicted octanol–water partition coefficient (Wildman–Crippen LogP) is 0.977. The molecule has 0 aliphatic rings. The Morgan fingerprint density at radius 2 is 2.56 bits per heavy atom. The topological polar surface area (TPSA) is 50.1 Å². The summed E-state index contributed by atoms with van der Waals surface area (Å²) in [6.07, 6.45) is 2.96. The number of hydrogen-bond acceptors (Lipinski definition) is 3. The summed E-state index contributed by atoms with van der Waals surface area (Å²) in [7, 11) is 0. The molecule has 0 amide bonds. The Bertz CT molecular complexity index is 155. The van der Waals surface area contributed by atoms with Gasteiger partial charge in [0, 0.05) is 6.92 Å². The van der Waals surface area contributed by atoms with Crippen molar-refractivity contribution in [2.75, 3.05) is 0 Å². The Kier molecular flexibility index (Phi) is 4.15. The molecule has 0 saturated carbocycles. The zero-order valence-corrected chi connectivity index (χ0v) is 5.13. The van der Waals surface area contributed by atoms with E-state index in [9.17, 15) is 4.79 Å². The van der Waals surface area contributed by atoms with Crippen molar-refractivity contribution < 1.29 is 9.53 Å². The Labute approximate surface area is 53.5 Å². The van der Waals surface area contributed by atoms with Crippen molar-refractivity contribution in [2.45, 2.75) is 13.3 Å². The van der Waals surface area contributed by atoms with Crippen LogP contribution in [0.3, 0.4) is 0 Å². The molecular formula is C6H7NO2. The van der Waals surface area contributed by atoms with Crippen molar-refractivity contribution >= 4 is 5.97 Å². The molecule has 0 N–H and O–H groups in total. The third-order valence-corrected chi connectivity index (χ3v) is 0.539. The number of carbonyl (C=O) groups excluding carboxylic acids is 1. The van der Waals surface area contributed by atoms with Crippen LogP contribution in [0.25, 0.3) is 0 Å². The number of nitriles is 1. The third kappa shape index (κ3) is 6.70. The predicted molar refractivity (Wildman–Crippen MR) is 31.1 cm³/mol. The van der Waals surface area contributed by atoms with E-state index in [0.717, 1.165) is 0 Å². The van der Waals surface area contributed by atoms with Gasteiger partial charge in [0.25, 0.3) is 0 Å². The van der Waals surface area contributed by atoms with E-state index in [1.165, 1.54) is 19.3 Å². The Hall–Kier alpha value is -1.30. The quantitative estimate of drug-likeness (QED) is 0.408. The zero-order chi connectivity index (χ0) is 7.11. The molecule has 3 heteroatoms. The van der Waals surface area contributed by atoms with Gasteiger partial charge in [-0.05, 0) is 6.08 Å². The Morgan fingerprint density at radius 1 is 1.89 bits per heavy atom. The number of ether oxygens (including phenoxy) is 1. The van der Waals surface area contributed by atoms with Crippen LogP contribution in [0, 0.1) is 11.3 Å². The number of carbonyl (C=O) groups is 1. The maximum absolute atomic E-state index is 10.1. The summed E-state index contributed by atoms with van der Waals surface area (Å²) in [6.45, 7) is 1.30. The number of nitrogens with zero attached hydrogens (tertiary/aromatic N) is 1. The van der Waals surface area contributed by atoms with Crippen LogP contribution < -0.4 is 0 Å². The minimum absolute atomic E-state index is 0.271. The minimum Gasteiger partial charge on any atom is -0.435 e. The Balaban J connectivity index is 3.28. The van der Waals surface area contributed by atoms with Gasteiger partial charge in [-0.1, -0.05) is 0 Å². The van der Waals surface area contributed by atoms with Gasteiger partial charge >= 0.3 is 5.97 Å². The molecule has 0 spiro atoms. The van der Waals surface area contributed by atoms with Crippen LogP contribution in [0.15, 0.2) is 12.3 Å². The molecule has 0 aromatic heterocycles. The van der Waals surface area contributed by atoms with Gasteiger partial charge in [-0.25, -0.2) is 0 Å². The lowest BCUT2D eigenvalue weighted by Crippen LogP contribution is -1.88. The fourth-order valence-electron chi connectivity index (χ4n) is 0.245. The lowest BCUT2D eigenvalue weighted by Gasteiger charge is -1.86. The molecule has 0 atom stereocenters. The second-order valence-electron chi connectivity index (χ2n) is 1.34. The average Bonchev–Trinajstić information content (AvgIpc) is 1.80. The first-order valence-electron chi connectivity index (χ1n) is 2.46. The molecule has 0 aliphatic heterocycles. The van der Waals surface area contributed by atoms with Crippen molar-refractivity contribution in [2.24, 2.45) is 0 Å². The molecular weight excluding hydrogens is 118 g/mol. The van der Waals surface area contributed by atoms with Crippen LogP contribution in [0.2, 0.25) is 0 Å². The van der Waals surface area contributed by atoms with Crippen LogP contribution in [0.1, 0.15) is 13.3 Å². The van der Waals surface area contributed by atoms with Gasteiger partial charge in [-0.3, -0.25) is 4.79 Å². The SMILES string of the molecule is CC(=O)OC=CCC#N. The molecule has 0 rings (SSSR count). The van der Waals surface area contributed by atoms with Crippen molar-refractivity contribution in [3.63, 3.8) is 0 Å². The maximum atomic E-state index is 10.1. The van der Waals surface area contributed by atoms with Gasteiger partial charge in [0.05, 0.1) is 18.8 Å². The van der Waals surface area contributed by atoms with Gasteiger partial charge in [-0.2, -0.15) is 5.26 Å². The molecule has 0 heterocycles. The van der Waals surface area contributed by atoms with E-state index >= 15 is 0 Å². The molecule has 0 saturated heterocycles. The molecule has 48 valence electrons. The highest BCUT2D eigenvalue weighted by Gasteiger charge is 1.82. The first kappa shape index (κ1) is 7.70. The lowest BCUT2D eigenvalue weighted by molar-refractivity contribution is -0.135. The first-order chi connectivity index (χ1) is 4.27. The van der Waals surface area contributed by atoms with Crippen LogP contribution in [-0.2, 0) is 9.53 Å². The average molecular weight is 125 g/mol. The van der Waals surface area contributed by atoms with Gasteiger partial charge < -0.3 is 4.74 Å². The van der Waals surface area contributed by atoms with Crippen LogP contribution in [0.5, 0.6) is 0 Å². The summed E-state index contributed by atoms with van der Waals surface area (Å²) in [4.78, 5) is 10.1. The van der Waals surface area contributed by atoms with Crippen LogP contribution >= 0.6 is 0 Å². The normalized spacial score (nSPS) is 8.89. The fourth-order valence-corrected chi connectivity index (χ4v) is 0.245. The maximum Gasteiger partial charge on any atom is 0.307 e. The molecule has 0 aromatic carbocycles. The molecule has 0 aliphatic carbocycles. The van der Waals surface area contributed by atoms with E-state index < -0.39 is 0 Å². The summed E-state index contributed by atoms with van der Waals surface area (Å²) in [5, 5.41) is 7.99. The van der Waals surface area contributed by atoms with E-state index in [1.54, 1.807) is 0 Å². The second kappa shape index (κ2) is 4.85. The summed E-state index contributed by atoms with van der Waals surface area (Å²) in [5.74, 6) is -0.371. The molecule has 0 aromatic rings. The van der Waals surface area contributed by atoms with E-state index in [0.29, 0.717) is 0 Å². The smallest absolute Gasteiger partial charge is 0.307 e. The van der Waals surface area contributed by atoms with Crippen molar-refractivity contribution in [3.05, 3.63) is 12.3 Å². The summed E-state index contributed by atoms with van der Waals surface area (Å²) >= 11 is 0. The molecule has 0 bridgehead atoms. The van der Waals surface area contributed by atoms with Crippen molar-refractivity contribution in [1.82, 2.24) is 0 Å². The van der Waals surface area contributed by atoms with E-state index in [2.05, 4.69) is 4.74 Å². The number of rotatable bonds is 2. The van der Waals surface area contributed by atoms with Gasteiger partial charge in [-0.15, -0.1) is 0 Å². The van der Waals surface area contributed by atoms with Gasteiger partial charge in [0.15, 0.2) is 0 Å². The zero-order valence-electron chi connectivity index (χ0n) is 5.13. The standard InChI is InChI=1S/C6H7NO2/c1-6(8)9-5-3-2-4-7/h3,5H,2H2,1H3. The lowest BCUT2D eigenvalue weighted by atomic mass is 10.5. The van der Waals surface area contributed by atoms with Crippen molar-refractivity contribution in [3.8, 4) is 6.07 Å². The molecule has 0 fully saturated rings. The van der Waals surface area contributed by atoms with Crippen LogP contribution in [-0.4, -0.2) is 5.97 Å². The summed E-state index contributed by atoms with van der Waals surface area (Å²) in [5.41, 5.74) is 0.